The lowest BCUT2D eigenvalue weighted by Crippen LogP contribution is -2.29. The van der Waals surface area contributed by atoms with Crippen LogP contribution in [0.5, 0.6) is 5.75 Å². The van der Waals surface area contributed by atoms with E-state index in [1.54, 1.807) is 24.3 Å². The van der Waals surface area contributed by atoms with Gasteiger partial charge in [0.05, 0.1) is 0 Å². The zero-order chi connectivity index (χ0) is 10.8. The molecule has 0 aliphatic heterocycles. The fraction of sp³-hybridized carbons (Fsp3) is 0.300. The van der Waals surface area contributed by atoms with Crippen LogP contribution < -0.4 is 4.43 Å². The molecule has 0 bridgehead atoms. The Morgan fingerprint density at radius 1 is 1.21 bits per heavy atom. The zero-order valence-electron chi connectivity index (χ0n) is 8.50. The predicted molar refractivity (Wildman–Crippen MR) is 60.6 cm³/mol. The van der Waals surface area contributed by atoms with Crippen molar-refractivity contribution in [3.8, 4) is 5.75 Å². The molecule has 1 aromatic carbocycles. The maximum atomic E-state index is 10.8. The van der Waals surface area contributed by atoms with Crippen LogP contribution in [0, 0.1) is 0 Å². The Morgan fingerprint density at radius 2 is 1.71 bits per heavy atom. The molecule has 0 spiro atoms. The molecule has 0 aliphatic rings. The molecule has 14 heavy (non-hydrogen) atoms. The molecular formula is C10H13ClO2Si. The van der Waals surface area contributed by atoms with Gasteiger partial charge in [0.15, 0.2) is 0 Å². The minimum Gasteiger partial charge on any atom is -0.544 e. The first-order chi connectivity index (χ1) is 6.38. The third-order valence-electron chi connectivity index (χ3n) is 1.51. The molecule has 0 unspecified atom stereocenters. The van der Waals surface area contributed by atoms with Gasteiger partial charge in [0.1, 0.15) is 5.75 Å². The van der Waals surface area contributed by atoms with Crippen molar-refractivity contribution in [3.63, 3.8) is 0 Å². The number of benzene rings is 1. The SMILES string of the molecule is C[Si](C)(C)Oc1ccc(C(=O)Cl)cc1. The van der Waals surface area contributed by atoms with Crippen LogP contribution in [0.25, 0.3) is 0 Å². The minimum absolute atomic E-state index is 0.440. The lowest BCUT2D eigenvalue weighted by molar-refractivity contribution is 0.108. The van der Waals surface area contributed by atoms with E-state index >= 15 is 0 Å². The largest absolute Gasteiger partial charge is 0.544 e. The van der Waals surface area contributed by atoms with Gasteiger partial charge in [0.25, 0.3) is 5.24 Å². The van der Waals surface area contributed by atoms with Crippen molar-refractivity contribution in [2.24, 2.45) is 0 Å². The summed E-state index contributed by atoms with van der Waals surface area (Å²) < 4.78 is 5.72. The highest BCUT2D eigenvalue weighted by atomic mass is 35.5. The van der Waals surface area contributed by atoms with Gasteiger partial charge in [-0.3, -0.25) is 4.79 Å². The van der Waals surface area contributed by atoms with Gasteiger partial charge in [0, 0.05) is 5.56 Å². The molecule has 0 saturated heterocycles. The first-order valence-electron chi connectivity index (χ1n) is 4.37. The van der Waals surface area contributed by atoms with Crippen LogP contribution in [-0.4, -0.2) is 13.6 Å². The van der Waals surface area contributed by atoms with Gasteiger partial charge in [-0.05, 0) is 55.5 Å². The van der Waals surface area contributed by atoms with Gasteiger partial charge >= 0.3 is 0 Å². The van der Waals surface area contributed by atoms with Gasteiger partial charge in [-0.15, -0.1) is 0 Å². The number of halogens is 1. The second kappa shape index (κ2) is 4.15. The smallest absolute Gasteiger partial charge is 0.252 e. The van der Waals surface area contributed by atoms with Crippen molar-refractivity contribution in [3.05, 3.63) is 29.8 Å². The first-order valence-corrected chi connectivity index (χ1v) is 8.16. The van der Waals surface area contributed by atoms with Crippen LogP contribution in [0.2, 0.25) is 19.6 Å². The van der Waals surface area contributed by atoms with Crippen LogP contribution in [-0.2, 0) is 0 Å². The fourth-order valence-corrected chi connectivity index (χ4v) is 1.98. The predicted octanol–water partition coefficient (Wildman–Crippen LogP) is 3.28. The molecule has 1 aromatic rings. The van der Waals surface area contributed by atoms with Crippen molar-refractivity contribution in [2.45, 2.75) is 19.6 Å². The van der Waals surface area contributed by atoms with E-state index in [9.17, 15) is 4.79 Å². The quantitative estimate of drug-likeness (QED) is 0.586. The van der Waals surface area contributed by atoms with E-state index in [-0.39, 0.29) is 0 Å². The van der Waals surface area contributed by atoms with E-state index in [1.165, 1.54) is 0 Å². The summed E-state index contributed by atoms with van der Waals surface area (Å²) in [6, 6.07) is 6.89. The highest BCUT2D eigenvalue weighted by molar-refractivity contribution is 6.70. The summed E-state index contributed by atoms with van der Waals surface area (Å²) in [6.45, 7) is 6.31. The van der Waals surface area contributed by atoms with Crippen LogP contribution in [0.1, 0.15) is 10.4 Å². The van der Waals surface area contributed by atoms with Crippen molar-refractivity contribution in [1.29, 1.82) is 0 Å². The zero-order valence-corrected chi connectivity index (χ0v) is 10.3. The van der Waals surface area contributed by atoms with Gasteiger partial charge in [-0.2, -0.15) is 0 Å². The Labute approximate surface area is 90.0 Å². The minimum atomic E-state index is -1.56. The van der Waals surface area contributed by atoms with E-state index in [2.05, 4.69) is 19.6 Å². The normalized spacial score (nSPS) is 11.1. The summed E-state index contributed by atoms with van der Waals surface area (Å²) >= 11 is 5.32. The van der Waals surface area contributed by atoms with Crippen LogP contribution in [0.4, 0.5) is 0 Å². The number of carbonyl (C=O) groups is 1. The molecule has 0 aliphatic carbocycles. The first kappa shape index (κ1) is 11.3. The van der Waals surface area contributed by atoms with Gasteiger partial charge in [-0.1, -0.05) is 0 Å². The maximum absolute atomic E-state index is 10.8. The summed E-state index contributed by atoms with van der Waals surface area (Å²) in [6.07, 6.45) is 0. The summed E-state index contributed by atoms with van der Waals surface area (Å²) in [7, 11) is -1.56. The van der Waals surface area contributed by atoms with Crippen molar-refractivity contribution in [2.75, 3.05) is 0 Å². The molecule has 0 atom stereocenters. The summed E-state index contributed by atoms with van der Waals surface area (Å²) in [5.41, 5.74) is 0.495. The molecule has 0 amide bonds. The molecular weight excluding hydrogens is 216 g/mol. The van der Waals surface area contributed by atoms with Crippen LogP contribution in [0.15, 0.2) is 24.3 Å². The molecule has 0 aromatic heterocycles. The van der Waals surface area contributed by atoms with Gasteiger partial charge < -0.3 is 4.43 Å². The maximum Gasteiger partial charge on any atom is 0.252 e. The van der Waals surface area contributed by atoms with E-state index in [0.717, 1.165) is 5.75 Å². The second-order valence-corrected chi connectivity index (χ2v) is 8.78. The summed E-state index contributed by atoms with van der Waals surface area (Å²) in [5.74, 6) is 0.797. The number of carbonyl (C=O) groups excluding carboxylic acids is 1. The third kappa shape index (κ3) is 3.52. The molecule has 76 valence electrons. The highest BCUT2D eigenvalue weighted by Crippen LogP contribution is 2.17. The molecule has 2 nitrogen and oxygen atoms in total. The monoisotopic (exact) mass is 228 g/mol. The average Bonchev–Trinajstić information content (AvgIpc) is 2.02. The lowest BCUT2D eigenvalue weighted by atomic mass is 10.2. The molecule has 4 heteroatoms. The lowest BCUT2D eigenvalue weighted by Gasteiger charge is -2.18. The molecule has 0 radical (unpaired) electrons. The van der Waals surface area contributed by atoms with E-state index in [1.807, 2.05) is 0 Å². The highest BCUT2D eigenvalue weighted by Gasteiger charge is 2.16. The van der Waals surface area contributed by atoms with Crippen molar-refractivity contribution < 1.29 is 9.22 Å². The van der Waals surface area contributed by atoms with E-state index < -0.39 is 13.6 Å². The second-order valence-electron chi connectivity index (χ2n) is 4.01. The summed E-state index contributed by atoms with van der Waals surface area (Å²) in [4.78, 5) is 10.8. The molecule has 0 N–H and O–H groups in total. The standard InChI is InChI=1S/C10H13ClO2Si/c1-14(2,3)13-9-6-4-8(5-7-9)10(11)12/h4-7H,1-3H3. The molecule has 1 rings (SSSR count). The fourth-order valence-electron chi connectivity index (χ4n) is 1.01. The summed E-state index contributed by atoms with van der Waals surface area (Å²) in [5, 5.41) is -0.440. The number of hydrogen-bond acceptors (Lipinski definition) is 2. The third-order valence-corrected chi connectivity index (χ3v) is 2.57. The number of hydrogen-bond donors (Lipinski definition) is 0. The van der Waals surface area contributed by atoms with Crippen molar-refractivity contribution >= 4 is 25.2 Å². The molecule has 0 heterocycles. The van der Waals surface area contributed by atoms with E-state index in [0.29, 0.717) is 5.56 Å². The Balaban J connectivity index is 2.79. The van der Waals surface area contributed by atoms with Crippen molar-refractivity contribution in [1.82, 2.24) is 0 Å². The Hall–Kier alpha value is -0.803. The van der Waals surface area contributed by atoms with Crippen LogP contribution >= 0.6 is 11.6 Å². The Kier molecular flexibility index (Phi) is 3.34. The van der Waals surface area contributed by atoms with Gasteiger partial charge in [-0.25, -0.2) is 0 Å². The molecule has 0 saturated carbocycles. The molecule has 0 fully saturated rings. The van der Waals surface area contributed by atoms with Gasteiger partial charge in [0.2, 0.25) is 8.32 Å². The van der Waals surface area contributed by atoms with E-state index in [4.69, 9.17) is 16.0 Å². The average molecular weight is 229 g/mol. The topological polar surface area (TPSA) is 26.3 Å². The number of rotatable bonds is 3. The van der Waals surface area contributed by atoms with Crippen LogP contribution in [0.3, 0.4) is 0 Å². The Morgan fingerprint density at radius 3 is 2.07 bits per heavy atom. The Bertz CT molecular complexity index is 327.